The van der Waals surface area contributed by atoms with Crippen LogP contribution < -0.4 is 10.6 Å². The lowest BCUT2D eigenvalue weighted by Crippen LogP contribution is -2.41. The van der Waals surface area contributed by atoms with Crippen molar-refractivity contribution < 1.29 is 0 Å². The van der Waals surface area contributed by atoms with E-state index in [1.54, 1.807) is 19.6 Å². The number of nitrogens with one attached hydrogen (secondary N) is 2. The molecule has 2 heterocycles. The zero-order chi connectivity index (χ0) is 17.4. The zero-order valence-electron chi connectivity index (χ0n) is 15.4. The summed E-state index contributed by atoms with van der Waals surface area (Å²) in [5, 5.41) is 6.81. The molecular formula is C18H29IN6. The van der Waals surface area contributed by atoms with E-state index >= 15 is 0 Å². The van der Waals surface area contributed by atoms with Gasteiger partial charge in [-0.15, -0.1) is 24.0 Å². The number of aromatic nitrogens is 3. The molecule has 0 aliphatic rings. The summed E-state index contributed by atoms with van der Waals surface area (Å²) in [7, 11) is 1.80. The molecule has 7 heteroatoms. The van der Waals surface area contributed by atoms with Crippen molar-refractivity contribution in [3.05, 3.63) is 42.6 Å². The minimum atomic E-state index is 0. The quantitative estimate of drug-likeness (QED) is 0.381. The van der Waals surface area contributed by atoms with Crippen LogP contribution in [-0.4, -0.2) is 33.6 Å². The molecule has 1 atom stereocenters. The fourth-order valence-electron chi connectivity index (χ4n) is 2.38. The molecule has 2 N–H and O–H groups in total. The first-order valence-electron chi connectivity index (χ1n) is 8.49. The third-order valence-electron chi connectivity index (χ3n) is 3.82. The van der Waals surface area contributed by atoms with Gasteiger partial charge in [-0.1, -0.05) is 13.8 Å². The van der Waals surface area contributed by atoms with E-state index in [1.807, 2.05) is 29.1 Å². The molecule has 2 rings (SSSR count). The summed E-state index contributed by atoms with van der Waals surface area (Å²) in [5.41, 5.74) is 1.14. The Morgan fingerprint density at radius 2 is 2.04 bits per heavy atom. The van der Waals surface area contributed by atoms with Gasteiger partial charge < -0.3 is 10.6 Å². The summed E-state index contributed by atoms with van der Waals surface area (Å²) in [6.45, 7) is 7.39. The summed E-state index contributed by atoms with van der Waals surface area (Å²) in [6.07, 6.45) is 9.54. The van der Waals surface area contributed by atoms with Gasteiger partial charge in [-0.25, -0.2) is 9.97 Å². The molecule has 0 fully saturated rings. The highest BCUT2D eigenvalue weighted by atomic mass is 127. The number of nitrogens with zero attached hydrogens (tertiary/aromatic N) is 4. The van der Waals surface area contributed by atoms with Gasteiger partial charge in [0.15, 0.2) is 5.96 Å². The molecule has 0 aromatic carbocycles. The van der Waals surface area contributed by atoms with Crippen molar-refractivity contribution in [2.24, 2.45) is 10.9 Å². The molecule has 0 saturated heterocycles. The normalized spacial score (nSPS) is 12.6. The summed E-state index contributed by atoms with van der Waals surface area (Å²) >= 11 is 0. The monoisotopic (exact) mass is 456 g/mol. The Balaban J connectivity index is 0.00000312. The minimum Gasteiger partial charge on any atom is -0.354 e. The molecule has 0 spiro atoms. The predicted octanol–water partition coefficient (Wildman–Crippen LogP) is 3.38. The molecular weight excluding hydrogens is 427 g/mol. The fourth-order valence-corrected chi connectivity index (χ4v) is 2.38. The second-order valence-electron chi connectivity index (χ2n) is 6.43. The summed E-state index contributed by atoms with van der Waals surface area (Å²) in [5.74, 6) is 2.41. The van der Waals surface area contributed by atoms with E-state index < -0.39 is 0 Å². The third kappa shape index (κ3) is 7.41. The average molecular weight is 456 g/mol. The van der Waals surface area contributed by atoms with Gasteiger partial charge in [0, 0.05) is 38.2 Å². The highest BCUT2D eigenvalue weighted by Gasteiger charge is 2.07. The lowest BCUT2D eigenvalue weighted by molar-refractivity contribution is 0.489. The van der Waals surface area contributed by atoms with Crippen LogP contribution in [0.15, 0.2) is 42.0 Å². The lowest BCUT2D eigenvalue weighted by atomic mass is 10.0. The van der Waals surface area contributed by atoms with E-state index in [-0.39, 0.29) is 24.0 Å². The maximum absolute atomic E-state index is 4.37. The first-order valence-corrected chi connectivity index (χ1v) is 8.49. The second-order valence-corrected chi connectivity index (χ2v) is 6.43. The summed E-state index contributed by atoms with van der Waals surface area (Å²) in [6, 6.07) is 4.45. The Morgan fingerprint density at radius 3 is 2.68 bits per heavy atom. The van der Waals surface area contributed by atoms with E-state index in [1.165, 1.54) is 6.42 Å². The van der Waals surface area contributed by atoms with E-state index in [4.69, 9.17) is 0 Å². The van der Waals surface area contributed by atoms with Crippen LogP contribution in [0.25, 0.3) is 5.82 Å². The first kappa shape index (κ1) is 21.4. The van der Waals surface area contributed by atoms with Crippen LogP contribution in [-0.2, 0) is 6.54 Å². The highest BCUT2D eigenvalue weighted by Crippen LogP contribution is 2.08. The minimum absolute atomic E-state index is 0. The van der Waals surface area contributed by atoms with Crippen molar-refractivity contribution in [1.82, 2.24) is 25.2 Å². The lowest BCUT2D eigenvalue weighted by Gasteiger charge is -2.18. The average Bonchev–Trinajstić information content (AvgIpc) is 3.11. The van der Waals surface area contributed by atoms with Gasteiger partial charge in [0.1, 0.15) is 12.1 Å². The van der Waals surface area contributed by atoms with Crippen LogP contribution in [0.2, 0.25) is 0 Å². The molecule has 138 valence electrons. The number of imidazole rings is 1. The van der Waals surface area contributed by atoms with Gasteiger partial charge in [0.05, 0.1) is 0 Å². The standard InChI is InChI=1S/C18H28N6.HI/c1-14(2)5-6-15(3)23-18(19-4)22-12-16-7-8-21-17(11-16)24-10-9-20-13-24;/h7-11,13-15H,5-6,12H2,1-4H3,(H2,19,22,23);1H. The number of hydrogen-bond donors (Lipinski definition) is 2. The fraction of sp³-hybridized carbons (Fsp3) is 0.500. The van der Waals surface area contributed by atoms with E-state index in [2.05, 4.69) is 46.4 Å². The SMILES string of the molecule is CN=C(NCc1ccnc(-n2ccnc2)c1)NC(C)CCC(C)C.I. The maximum atomic E-state index is 4.37. The van der Waals surface area contributed by atoms with E-state index in [9.17, 15) is 0 Å². The number of aliphatic imine (C=N–C) groups is 1. The van der Waals surface area contributed by atoms with Crippen molar-refractivity contribution in [1.29, 1.82) is 0 Å². The molecule has 2 aromatic heterocycles. The van der Waals surface area contributed by atoms with Gasteiger partial charge in [0.25, 0.3) is 0 Å². The van der Waals surface area contributed by atoms with Gasteiger partial charge >= 0.3 is 0 Å². The Hall–Kier alpha value is -1.64. The maximum Gasteiger partial charge on any atom is 0.191 e. The Kier molecular flexibility index (Phi) is 9.48. The summed E-state index contributed by atoms with van der Waals surface area (Å²) < 4.78 is 1.89. The van der Waals surface area contributed by atoms with Crippen molar-refractivity contribution in [3.63, 3.8) is 0 Å². The number of pyridine rings is 1. The summed E-state index contributed by atoms with van der Waals surface area (Å²) in [4.78, 5) is 12.7. The largest absolute Gasteiger partial charge is 0.354 e. The number of halogens is 1. The third-order valence-corrected chi connectivity index (χ3v) is 3.82. The van der Waals surface area contributed by atoms with E-state index in [0.717, 1.165) is 29.7 Å². The van der Waals surface area contributed by atoms with Gasteiger partial charge in [-0.3, -0.25) is 9.56 Å². The molecule has 0 radical (unpaired) electrons. The molecule has 25 heavy (non-hydrogen) atoms. The molecule has 6 nitrogen and oxygen atoms in total. The Bertz CT molecular complexity index is 639. The molecule has 2 aromatic rings. The van der Waals surface area contributed by atoms with Crippen molar-refractivity contribution in [2.45, 2.75) is 46.2 Å². The van der Waals surface area contributed by atoms with Crippen LogP contribution in [0.3, 0.4) is 0 Å². The smallest absolute Gasteiger partial charge is 0.191 e. The topological polar surface area (TPSA) is 67.1 Å². The van der Waals surface area contributed by atoms with Gasteiger partial charge in [-0.05, 0) is 43.4 Å². The van der Waals surface area contributed by atoms with Crippen molar-refractivity contribution in [2.75, 3.05) is 7.05 Å². The molecule has 0 amide bonds. The predicted molar refractivity (Wildman–Crippen MR) is 114 cm³/mol. The van der Waals surface area contributed by atoms with Gasteiger partial charge in [-0.2, -0.15) is 0 Å². The van der Waals surface area contributed by atoms with Crippen LogP contribution in [0.5, 0.6) is 0 Å². The Labute approximate surface area is 167 Å². The van der Waals surface area contributed by atoms with E-state index in [0.29, 0.717) is 12.6 Å². The van der Waals surface area contributed by atoms with Crippen molar-refractivity contribution in [3.8, 4) is 5.82 Å². The van der Waals surface area contributed by atoms with Crippen molar-refractivity contribution >= 4 is 29.9 Å². The molecule has 1 unspecified atom stereocenters. The second kappa shape index (κ2) is 11.1. The van der Waals surface area contributed by atoms with Crippen LogP contribution in [0.1, 0.15) is 39.2 Å². The highest BCUT2D eigenvalue weighted by molar-refractivity contribution is 14.0. The van der Waals surface area contributed by atoms with Crippen LogP contribution in [0.4, 0.5) is 0 Å². The molecule has 0 bridgehead atoms. The number of hydrogen-bond acceptors (Lipinski definition) is 3. The van der Waals surface area contributed by atoms with Crippen LogP contribution in [0, 0.1) is 5.92 Å². The number of guanidine groups is 1. The first-order chi connectivity index (χ1) is 11.6. The number of rotatable bonds is 7. The zero-order valence-corrected chi connectivity index (χ0v) is 17.8. The Morgan fingerprint density at radius 1 is 1.24 bits per heavy atom. The molecule has 0 aliphatic carbocycles. The van der Waals surface area contributed by atoms with Gasteiger partial charge in [0.2, 0.25) is 0 Å². The molecule has 0 aliphatic heterocycles. The molecule has 0 saturated carbocycles. The van der Waals surface area contributed by atoms with Crippen LogP contribution >= 0.6 is 24.0 Å².